The Morgan fingerprint density at radius 3 is 2.69 bits per heavy atom. The van der Waals surface area contributed by atoms with Gasteiger partial charge in [-0.1, -0.05) is 38.0 Å². The van der Waals surface area contributed by atoms with E-state index >= 15 is 0 Å². The quantitative estimate of drug-likeness (QED) is 0.538. The van der Waals surface area contributed by atoms with Crippen LogP contribution in [0, 0.1) is 12.8 Å². The SMILES string of the molecule is CC[C@@H](C)CN(CC(=O)N1CCc2sccc2[C@H]1COc1ccc(C)cc1)C(=O)COC. The summed E-state index contributed by atoms with van der Waals surface area (Å²) in [4.78, 5) is 30.8. The van der Waals surface area contributed by atoms with E-state index in [0.717, 1.165) is 24.2 Å². The lowest BCUT2D eigenvalue weighted by molar-refractivity contribution is -0.145. The fourth-order valence-electron chi connectivity index (χ4n) is 3.91. The van der Waals surface area contributed by atoms with Gasteiger partial charge in [0.15, 0.2) is 0 Å². The van der Waals surface area contributed by atoms with Crippen molar-refractivity contribution in [2.45, 2.75) is 39.7 Å². The van der Waals surface area contributed by atoms with Gasteiger partial charge in [0.1, 0.15) is 19.0 Å². The predicted octanol–water partition coefficient (Wildman–Crippen LogP) is 4.08. The topological polar surface area (TPSA) is 59.1 Å². The summed E-state index contributed by atoms with van der Waals surface area (Å²) in [6.07, 6.45) is 1.77. The maximum atomic E-state index is 13.4. The molecule has 174 valence electrons. The molecule has 1 aliphatic rings. The van der Waals surface area contributed by atoms with E-state index in [4.69, 9.17) is 9.47 Å². The molecule has 32 heavy (non-hydrogen) atoms. The number of nitrogens with zero attached hydrogens (tertiary/aromatic N) is 2. The van der Waals surface area contributed by atoms with Crippen LogP contribution in [0.15, 0.2) is 35.7 Å². The zero-order chi connectivity index (χ0) is 23.1. The molecule has 1 aromatic carbocycles. The molecular weight excluding hydrogens is 424 g/mol. The number of fused-ring (bicyclic) bond motifs is 1. The lowest BCUT2D eigenvalue weighted by Crippen LogP contribution is -2.49. The number of thiophene rings is 1. The van der Waals surface area contributed by atoms with Gasteiger partial charge in [-0.3, -0.25) is 9.59 Å². The molecule has 1 aliphatic heterocycles. The molecule has 0 saturated heterocycles. The Balaban J connectivity index is 1.75. The molecule has 0 unspecified atom stereocenters. The minimum absolute atomic E-state index is 0.0155. The summed E-state index contributed by atoms with van der Waals surface area (Å²) >= 11 is 1.73. The van der Waals surface area contributed by atoms with Crippen LogP contribution in [0.5, 0.6) is 5.75 Å². The zero-order valence-electron chi connectivity index (χ0n) is 19.5. The van der Waals surface area contributed by atoms with Gasteiger partial charge >= 0.3 is 0 Å². The maximum Gasteiger partial charge on any atom is 0.249 e. The highest BCUT2D eigenvalue weighted by Gasteiger charge is 2.33. The molecule has 6 nitrogen and oxygen atoms in total. The first-order chi connectivity index (χ1) is 15.4. The number of amides is 2. The van der Waals surface area contributed by atoms with Gasteiger partial charge in [0.25, 0.3) is 0 Å². The van der Waals surface area contributed by atoms with Gasteiger partial charge in [-0.15, -0.1) is 11.3 Å². The summed E-state index contributed by atoms with van der Waals surface area (Å²) in [5, 5.41) is 2.08. The summed E-state index contributed by atoms with van der Waals surface area (Å²) < 4.78 is 11.1. The Morgan fingerprint density at radius 1 is 1.25 bits per heavy atom. The number of carbonyl (C=O) groups is 2. The molecule has 0 saturated carbocycles. The summed E-state index contributed by atoms with van der Waals surface area (Å²) in [5.41, 5.74) is 2.33. The third-order valence-electron chi connectivity index (χ3n) is 6.02. The lowest BCUT2D eigenvalue weighted by Gasteiger charge is -2.37. The van der Waals surface area contributed by atoms with Crippen LogP contribution in [0.4, 0.5) is 0 Å². The van der Waals surface area contributed by atoms with Crippen LogP contribution >= 0.6 is 11.3 Å². The molecule has 3 rings (SSSR count). The zero-order valence-corrected chi connectivity index (χ0v) is 20.3. The number of rotatable bonds is 10. The number of hydrogen-bond acceptors (Lipinski definition) is 5. The van der Waals surface area contributed by atoms with Crippen molar-refractivity contribution in [2.75, 3.05) is 40.0 Å². The van der Waals surface area contributed by atoms with Gasteiger partial charge in [-0.2, -0.15) is 0 Å². The predicted molar refractivity (Wildman–Crippen MR) is 127 cm³/mol. The Hall–Kier alpha value is -2.38. The highest BCUT2D eigenvalue weighted by Crippen LogP contribution is 2.34. The summed E-state index contributed by atoms with van der Waals surface area (Å²) in [6.45, 7) is 7.83. The van der Waals surface area contributed by atoms with Crippen LogP contribution in [-0.4, -0.2) is 61.6 Å². The molecule has 0 radical (unpaired) electrons. The monoisotopic (exact) mass is 458 g/mol. The maximum absolute atomic E-state index is 13.4. The van der Waals surface area contributed by atoms with Crippen LogP contribution in [-0.2, 0) is 20.7 Å². The lowest BCUT2D eigenvalue weighted by atomic mass is 10.00. The minimum Gasteiger partial charge on any atom is -0.491 e. The second kappa shape index (κ2) is 11.5. The van der Waals surface area contributed by atoms with Crippen molar-refractivity contribution < 1.29 is 19.1 Å². The van der Waals surface area contributed by atoms with Gasteiger partial charge in [0.05, 0.1) is 12.6 Å². The Bertz CT molecular complexity index is 896. The van der Waals surface area contributed by atoms with E-state index in [-0.39, 0.29) is 31.0 Å². The van der Waals surface area contributed by atoms with Crippen LogP contribution in [0.3, 0.4) is 0 Å². The first-order valence-electron chi connectivity index (χ1n) is 11.2. The minimum atomic E-state index is -0.165. The number of carbonyl (C=O) groups excluding carboxylic acids is 2. The molecule has 1 aromatic heterocycles. The largest absolute Gasteiger partial charge is 0.491 e. The highest BCUT2D eigenvalue weighted by molar-refractivity contribution is 7.10. The summed E-state index contributed by atoms with van der Waals surface area (Å²) in [7, 11) is 1.50. The highest BCUT2D eigenvalue weighted by atomic mass is 32.1. The van der Waals surface area contributed by atoms with Gasteiger partial charge < -0.3 is 19.3 Å². The van der Waals surface area contributed by atoms with Crippen LogP contribution in [0.2, 0.25) is 0 Å². The van der Waals surface area contributed by atoms with E-state index in [0.29, 0.717) is 25.6 Å². The van der Waals surface area contributed by atoms with Crippen LogP contribution in [0.1, 0.15) is 42.3 Å². The van der Waals surface area contributed by atoms with Gasteiger partial charge in [0, 0.05) is 25.1 Å². The average Bonchev–Trinajstić information content (AvgIpc) is 3.27. The van der Waals surface area contributed by atoms with E-state index in [1.807, 2.05) is 36.1 Å². The molecule has 0 N–H and O–H groups in total. The number of hydrogen-bond donors (Lipinski definition) is 0. The summed E-state index contributed by atoms with van der Waals surface area (Å²) in [5.74, 6) is 0.905. The first kappa shape index (κ1) is 24.3. The molecule has 0 fully saturated rings. The number of benzene rings is 1. The van der Waals surface area contributed by atoms with E-state index in [2.05, 4.69) is 25.3 Å². The number of aryl methyl sites for hydroxylation is 1. The molecule has 0 spiro atoms. The van der Waals surface area contributed by atoms with Crippen molar-refractivity contribution in [3.05, 3.63) is 51.7 Å². The van der Waals surface area contributed by atoms with Gasteiger partial charge in [0.2, 0.25) is 11.8 Å². The second-order valence-electron chi connectivity index (χ2n) is 8.50. The Labute approximate surface area is 195 Å². The van der Waals surface area contributed by atoms with Crippen molar-refractivity contribution >= 4 is 23.2 Å². The van der Waals surface area contributed by atoms with E-state index in [9.17, 15) is 9.59 Å². The molecule has 2 aromatic rings. The molecule has 2 amide bonds. The fraction of sp³-hybridized carbons (Fsp3) is 0.520. The van der Waals surface area contributed by atoms with Crippen molar-refractivity contribution in [1.82, 2.24) is 9.80 Å². The van der Waals surface area contributed by atoms with Crippen molar-refractivity contribution in [3.63, 3.8) is 0 Å². The normalized spacial score (nSPS) is 16.4. The fourth-order valence-corrected chi connectivity index (χ4v) is 4.84. The Morgan fingerprint density at radius 2 is 2.00 bits per heavy atom. The Kier molecular flexibility index (Phi) is 8.70. The number of ether oxygens (including phenoxy) is 2. The summed E-state index contributed by atoms with van der Waals surface area (Å²) in [6, 6.07) is 9.87. The molecule has 2 heterocycles. The molecule has 0 aliphatic carbocycles. The molecule has 0 bridgehead atoms. The third-order valence-corrected chi connectivity index (χ3v) is 7.02. The standard InChI is InChI=1S/C25H34N2O4S/c1-5-18(2)14-26(25(29)17-30-4)15-24(28)27-12-10-23-21(11-13-32-23)22(27)16-31-20-8-6-19(3)7-9-20/h6-9,11,13,18,22H,5,10,12,14-17H2,1-4H3/t18-,22-/m1/s1. The molecular formula is C25H34N2O4S. The van der Waals surface area contributed by atoms with Crippen molar-refractivity contribution in [2.24, 2.45) is 5.92 Å². The van der Waals surface area contributed by atoms with E-state index in [1.54, 1.807) is 16.2 Å². The van der Waals surface area contributed by atoms with Crippen LogP contribution < -0.4 is 4.74 Å². The average molecular weight is 459 g/mol. The molecule has 7 heteroatoms. The third kappa shape index (κ3) is 6.11. The van der Waals surface area contributed by atoms with Crippen LogP contribution in [0.25, 0.3) is 0 Å². The smallest absolute Gasteiger partial charge is 0.249 e. The number of methoxy groups -OCH3 is 1. The first-order valence-corrected chi connectivity index (χ1v) is 12.1. The van der Waals surface area contributed by atoms with E-state index < -0.39 is 0 Å². The van der Waals surface area contributed by atoms with Gasteiger partial charge in [-0.25, -0.2) is 0 Å². The van der Waals surface area contributed by atoms with Crippen molar-refractivity contribution in [1.29, 1.82) is 0 Å². The van der Waals surface area contributed by atoms with Crippen molar-refractivity contribution in [3.8, 4) is 5.75 Å². The van der Waals surface area contributed by atoms with E-state index in [1.165, 1.54) is 17.6 Å². The second-order valence-corrected chi connectivity index (χ2v) is 9.50. The van der Waals surface area contributed by atoms with Gasteiger partial charge in [-0.05, 0) is 48.4 Å². The molecule has 2 atom stereocenters.